The molecule has 0 aliphatic heterocycles. The normalized spacial score (nSPS) is 12.4. The standard InChI is InChI=1S/C25H21FN8O2S/c1-25(2,36)21(26)12-30-24(35)17-11-28-22(34-23-15(10-32-34)5-14(8-27)9-29-23)7-19(17)33-16-3-4-18-20(6-16)37-13-31-18/h3-7,9-11,13,21,36H,12H2,1-2H3,(H,28,33)(H,30,35). The minimum absolute atomic E-state index is 0.173. The minimum Gasteiger partial charge on any atom is -0.387 e. The summed E-state index contributed by atoms with van der Waals surface area (Å²) in [4.78, 5) is 26.0. The molecule has 5 rings (SSSR count). The number of hydrogen-bond donors (Lipinski definition) is 3. The van der Waals surface area contributed by atoms with E-state index in [0.29, 0.717) is 33.8 Å². The van der Waals surface area contributed by atoms with E-state index in [2.05, 4.69) is 30.7 Å². The summed E-state index contributed by atoms with van der Waals surface area (Å²) in [6.45, 7) is 2.31. The quantitative estimate of drug-likeness (QED) is 0.296. The zero-order valence-corrected chi connectivity index (χ0v) is 20.6. The van der Waals surface area contributed by atoms with Crippen LogP contribution in [-0.2, 0) is 0 Å². The first-order chi connectivity index (χ1) is 17.7. The van der Waals surface area contributed by atoms with E-state index in [9.17, 15) is 14.3 Å². The molecule has 12 heteroatoms. The lowest BCUT2D eigenvalue weighted by atomic mass is 10.0. The Kier molecular flexibility index (Phi) is 6.24. The third-order valence-corrected chi connectivity index (χ3v) is 6.50. The lowest BCUT2D eigenvalue weighted by Gasteiger charge is -2.22. The van der Waals surface area contributed by atoms with Crippen molar-refractivity contribution in [3.63, 3.8) is 0 Å². The maximum Gasteiger partial charge on any atom is 0.255 e. The van der Waals surface area contributed by atoms with Gasteiger partial charge in [-0.05, 0) is 38.1 Å². The number of carbonyl (C=O) groups excluding carboxylic acids is 1. The Labute approximate surface area is 214 Å². The van der Waals surface area contributed by atoms with Crippen LogP contribution in [0.5, 0.6) is 0 Å². The van der Waals surface area contributed by atoms with Crippen molar-refractivity contribution >= 4 is 49.9 Å². The van der Waals surface area contributed by atoms with Gasteiger partial charge in [0.25, 0.3) is 5.91 Å². The Morgan fingerprint density at radius 3 is 2.84 bits per heavy atom. The monoisotopic (exact) mass is 516 g/mol. The number of pyridine rings is 2. The third kappa shape index (κ3) is 4.95. The van der Waals surface area contributed by atoms with Crippen LogP contribution < -0.4 is 10.6 Å². The van der Waals surface area contributed by atoms with Crippen LogP contribution in [0, 0.1) is 11.3 Å². The highest BCUT2D eigenvalue weighted by Gasteiger charge is 2.27. The average Bonchev–Trinajstić information content (AvgIpc) is 3.52. The summed E-state index contributed by atoms with van der Waals surface area (Å²) >= 11 is 1.49. The van der Waals surface area contributed by atoms with E-state index in [0.717, 1.165) is 10.2 Å². The Morgan fingerprint density at radius 2 is 2.05 bits per heavy atom. The Morgan fingerprint density at radius 1 is 1.22 bits per heavy atom. The number of anilines is 2. The molecule has 1 atom stereocenters. The lowest BCUT2D eigenvalue weighted by molar-refractivity contribution is -0.00177. The van der Waals surface area contributed by atoms with E-state index in [4.69, 9.17) is 5.26 Å². The van der Waals surface area contributed by atoms with Crippen LogP contribution in [0.2, 0.25) is 0 Å². The first-order valence-electron chi connectivity index (χ1n) is 11.2. The van der Waals surface area contributed by atoms with Gasteiger partial charge in [-0.2, -0.15) is 15.0 Å². The molecule has 10 nitrogen and oxygen atoms in total. The molecule has 3 N–H and O–H groups in total. The highest BCUT2D eigenvalue weighted by molar-refractivity contribution is 7.16. The van der Waals surface area contributed by atoms with Crippen LogP contribution in [-0.4, -0.2) is 54.1 Å². The fraction of sp³-hybridized carbons (Fsp3) is 0.200. The highest BCUT2D eigenvalue weighted by Crippen LogP contribution is 2.28. The first-order valence-corrected chi connectivity index (χ1v) is 12.1. The molecule has 0 radical (unpaired) electrons. The second-order valence-electron chi connectivity index (χ2n) is 8.88. The topological polar surface area (TPSA) is 142 Å². The summed E-state index contributed by atoms with van der Waals surface area (Å²) in [6, 6.07) is 11.0. The molecule has 0 aliphatic carbocycles. The summed E-state index contributed by atoms with van der Waals surface area (Å²) in [6.07, 6.45) is 2.73. The maximum absolute atomic E-state index is 14.3. The van der Waals surface area contributed by atoms with Crippen molar-refractivity contribution in [1.29, 1.82) is 5.26 Å². The number of alkyl halides is 1. The van der Waals surface area contributed by atoms with Gasteiger partial charge in [0, 0.05) is 29.5 Å². The van der Waals surface area contributed by atoms with Crippen molar-refractivity contribution in [2.75, 3.05) is 11.9 Å². The second-order valence-corrected chi connectivity index (χ2v) is 9.77. The van der Waals surface area contributed by atoms with Gasteiger partial charge in [0.05, 0.1) is 50.9 Å². The van der Waals surface area contributed by atoms with Crippen molar-refractivity contribution in [2.45, 2.75) is 25.6 Å². The molecule has 0 aliphatic rings. The van der Waals surface area contributed by atoms with E-state index < -0.39 is 17.7 Å². The predicted molar refractivity (Wildman–Crippen MR) is 138 cm³/mol. The number of amides is 1. The SMILES string of the molecule is CC(C)(O)C(F)CNC(=O)c1cnc(-n2ncc3cc(C#N)cnc32)cc1Nc1ccc2ncsc2c1. The Bertz CT molecular complexity index is 1670. The molecule has 1 unspecified atom stereocenters. The summed E-state index contributed by atoms with van der Waals surface area (Å²) in [5.74, 6) is -0.181. The molecule has 4 heterocycles. The summed E-state index contributed by atoms with van der Waals surface area (Å²) in [5.41, 5.74) is 3.20. The van der Waals surface area contributed by atoms with Gasteiger partial charge in [-0.15, -0.1) is 11.3 Å². The fourth-order valence-electron chi connectivity index (χ4n) is 3.61. The minimum atomic E-state index is -1.66. The molecule has 0 saturated heterocycles. The molecule has 1 aromatic carbocycles. The number of aromatic nitrogens is 5. The number of hydrogen-bond acceptors (Lipinski definition) is 9. The second kappa shape index (κ2) is 9.53. The number of fused-ring (bicyclic) bond motifs is 2. The zero-order chi connectivity index (χ0) is 26.2. The number of nitrogens with zero attached hydrogens (tertiary/aromatic N) is 6. The third-order valence-electron chi connectivity index (χ3n) is 5.71. The zero-order valence-electron chi connectivity index (χ0n) is 19.8. The van der Waals surface area contributed by atoms with Crippen LogP contribution >= 0.6 is 11.3 Å². The van der Waals surface area contributed by atoms with Crippen molar-refractivity contribution in [2.24, 2.45) is 0 Å². The van der Waals surface area contributed by atoms with Crippen LogP contribution in [0.25, 0.3) is 27.1 Å². The van der Waals surface area contributed by atoms with Crippen LogP contribution in [0.15, 0.2) is 54.4 Å². The smallest absolute Gasteiger partial charge is 0.255 e. The van der Waals surface area contributed by atoms with Crippen molar-refractivity contribution < 1.29 is 14.3 Å². The summed E-state index contributed by atoms with van der Waals surface area (Å²) in [5, 5.41) is 29.8. The molecule has 5 aromatic rings. The van der Waals surface area contributed by atoms with Gasteiger partial charge in [-0.25, -0.2) is 19.3 Å². The lowest BCUT2D eigenvalue weighted by Crippen LogP contribution is -2.42. The molecular weight excluding hydrogens is 495 g/mol. The van der Waals surface area contributed by atoms with E-state index >= 15 is 0 Å². The summed E-state index contributed by atoms with van der Waals surface area (Å²) in [7, 11) is 0. The van der Waals surface area contributed by atoms with Gasteiger partial charge in [0.1, 0.15) is 12.2 Å². The molecule has 1 amide bonds. The number of carbonyl (C=O) groups is 1. The molecule has 0 spiro atoms. The fourth-order valence-corrected chi connectivity index (χ4v) is 4.33. The van der Waals surface area contributed by atoms with E-state index in [1.165, 1.54) is 42.3 Å². The number of rotatable bonds is 7. The number of nitrogens with one attached hydrogen (secondary N) is 2. The van der Waals surface area contributed by atoms with Crippen LogP contribution in [0.1, 0.15) is 29.8 Å². The molecular formula is C25H21FN8O2S. The first kappa shape index (κ1) is 24.2. The highest BCUT2D eigenvalue weighted by atomic mass is 32.1. The molecule has 0 fully saturated rings. The predicted octanol–water partition coefficient (Wildman–Crippen LogP) is 3.88. The molecule has 0 bridgehead atoms. The van der Waals surface area contributed by atoms with Gasteiger partial charge in [0.15, 0.2) is 11.5 Å². The largest absolute Gasteiger partial charge is 0.387 e. The molecule has 4 aromatic heterocycles. The number of thiazole rings is 1. The summed E-state index contributed by atoms with van der Waals surface area (Å²) < 4.78 is 16.7. The van der Waals surface area contributed by atoms with Gasteiger partial charge >= 0.3 is 0 Å². The van der Waals surface area contributed by atoms with E-state index in [1.54, 1.807) is 23.8 Å². The number of aliphatic hydroxyl groups is 1. The average molecular weight is 517 g/mol. The van der Waals surface area contributed by atoms with Crippen LogP contribution in [0.4, 0.5) is 15.8 Å². The van der Waals surface area contributed by atoms with Crippen LogP contribution in [0.3, 0.4) is 0 Å². The number of nitriles is 1. The van der Waals surface area contributed by atoms with Crippen molar-refractivity contribution in [3.05, 3.63) is 65.6 Å². The molecule has 0 saturated carbocycles. The van der Waals surface area contributed by atoms with Crippen molar-refractivity contribution in [1.82, 2.24) is 30.0 Å². The maximum atomic E-state index is 14.3. The van der Waals surface area contributed by atoms with Gasteiger partial charge in [-0.3, -0.25) is 4.79 Å². The number of halogens is 1. The van der Waals surface area contributed by atoms with Gasteiger partial charge < -0.3 is 15.7 Å². The van der Waals surface area contributed by atoms with Crippen molar-refractivity contribution in [3.8, 4) is 11.9 Å². The molecule has 186 valence electrons. The van der Waals surface area contributed by atoms with E-state index in [-0.39, 0.29) is 12.1 Å². The Balaban J connectivity index is 1.52. The van der Waals surface area contributed by atoms with Gasteiger partial charge in [0.2, 0.25) is 0 Å². The van der Waals surface area contributed by atoms with E-state index in [1.807, 2.05) is 24.3 Å². The Hall–Kier alpha value is -4.47. The van der Waals surface area contributed by atoms with Gasteiger partial charge in [-0.1, -0.05) is 0 Å². The number of benzene rings is 1. The molecule has 37 heavy (non-hydrogen) atoms.